The summed E-state index contributed by atoms with van der Waals surface area (Å²) in [6, 6.07) is 15.2. The summed E-state index contributed by atoms with van der Waals surface area (Å²) < 4.78 is 24.9. The van der Waals surface area contributed by atoms with Crippen molar-refractivity contribution in [2.75, 3.05) is 11.2 Å². The van der Waals surface area contributed by atoms with Gasteiger partial charge in [-0.2, -0.15) is 0 Å². The molecule has 1 amide bonds. The van der Waals surface area contributed by atoms with E-state index < -0.39 is 21.0 Å². The summed E-state index contributed by atoms with van der Waals surface area (Å²) in [4.78, 5) is 19.1. The lowest BCUT2D eigenvalue weighted by molar-refractivity contribution is -0.117. The number of anilines is 2. The summed E-state index contributed by atoms with van der Waals surface area (Å²) in [5.74, 6) is -0.144. The van der Waals surface area contributed by atoms with E-state index in [2.05, 4.69) is 18.8 Å². The first kappa shape index (κ1) is 19.5. The summed E-state index contributed by atoms with van der Waals surface area (Å²) in [6.07, 6.45) is 1.08. The standard InChI is InChI=1S/C20H22N2O3S2/c1-13(2)15-9-11-16(12-10-15)22(19(23)14(3)27(4,24)25)20-21-17-7-5-6-8-18(17)26-20/h5-14H,1-4H3. The molecule has 1 unspecified atom stereocenters. The molecule has 3 aromatic rings. The van der Waals surface area contributed by atoms with Crippen LogP contribution in [-0.4, -0.2) is 30.8 Å². The average molecular weight is 403 g/mol. The van der Waals surface area contributed by atoms with Crippen molar-refractivity contribution < 1.29 is 13.2 Å². The first-order chi connectivity index (χ1) is 12.7. The Labute approximate surface area is 163 Å². The molecule has 0 aliphatic carbocycles. The molecule has 1 heterocycles. The molecule has 27 heavy (non-hydrogen) atoms. The SMILES string of the molecule is CC(C)c1ccc(N(C(=O)C(C)S(C)(=O)=O)c2nc3ccccc3s2)cc1. The minimum absolute atomic E-state index is 0.362. The highest BCUT2D eigenvalue weighted by Gasteiger charge is 2.32. The van der Waals surface area contributed by atoms with Gasteiger partial charge in [0, 0.05) is 6.26 Å². The topological polar surface area (TPSA) is 67.3 Å². The minimum Gasteiger partial charge on any atom is -0.273 e. The highest BCUT2D eigenvalue weighted by molar-refractivity contribution is 7.92. The monoisotopic (exact) mass is 402 g/mol. The van der Waals surface area contributed by atoms with Crippen LogP contribution in [0.2, 0.25) is 0 Å². The van der Waals surface area contributed by atoms with Gasteiger partial charge in [0.1, 0.15) is 5.25 Å². The van der Waals surface area contributed by atoms with Crippen molar-refractivity contribution in [2.45, 2.75) is 31.9 Å². The summed E-state index contributed by atoms with van der Waals surface area (Å²) >= 11 is 1.37. The highest BCUT2D eigenvalue weighted by Crippen LogP contribution is 2.35. The number of para-hydroxylation sites is 1. The lowest BCUT2D eigenvalue weighted by Crippen LogP contribution is -2.38. The van der Waals surface area contributed by atoms with Crippen molar-refractivity contribution >= 4 is 48.1 Å². The fourth-order valence-electron chi connectivity index (χ4n) is 2.66. The summed E-state index contributed by atoms with van der Waals surface area (Å²) in [6.45, 7) is 5.61. The third-order valence-corrected chi connectivity index (χ3v) is 7.01. The van der Waals surface area contributed by atoms with Crippen molar-refractivity contribution in [1.82, 2.24) is 4.98 Å². The van der Waals surface area contributed by atoms with Crippen LogP contribution in [0.25, 0.3) is 10.2 Å². The van der Waals surface area contributed by atoms with E-state index in [0.717, 1.165) is 22.0 Å². The number of carbonyl (C=O) groups is 1. The van der Waals surface area contributed by atoms with Crippen LogP contribution in [0.3, 0.4) is 0 Å². The molecule has 142 valence electrons. The molecule has 0 aliphatic heterocycles. The number of thiazole rings is 1. The lowest BCUT2D eigenvalue weighted by Gasteiger charge is -2.23. The lowest BCUT2D eigenvalue weighted by atomic mass is 10.0. The van der Waals surface area contributed by atoms with Crippen LogP contribution in [0.15, 0.2) is 48.5 Å². The molecule has 0 saturated carbocycles. The number of rotatable bonds is 5. The number of sulfone groups is 1. The van der Waals surface area contributed by atoms with E-state index in [-0.39, 0.29) is 0 Å². The van der Waals surface area contributed by atoms with Gasteiger partial charge in [0.2, 0.25) is 0 Å². The van der Waals surface area contributed by atoms with Crippen molar-refractivity contribution in [3.63, 3.8) is 0 Å². The number of nitrogens with zero attached hydrogens (tertiary/aromatic N) is 2. The number of aromatic nitrogens is 1. The largest absolute Gasteiger partial charge is 0.273 e. The molecule has 1 aromatic heterocycles. The molecule has 2 aromatic carbocycles. The second-order valence-corrected chi connectivity index (χ2v) is 10.2. The van der Waals surface area contributed by atoms with E-state index in [9.17, 15) is 13.2 Å². The Morgan fingerprint density at radius 2 is 1.67 bits per heavy atom. The molecule has 5 nitrogen and oxygen atoms in total. The maximum Gasteiger partial charge on any atom is 0.251 e. The van der Waals surface area contributed by atoms with E-state index >= 15 is 0 Å². The molecule has 7 heteroatoms. The Kier molecular flexibility index (Phi) is 5.35. The molecule has 3 rings (SSSR count). The summed E-state index contributed by atoms with van der Waals surface area (Å²) in [5, 5.41) is -0.691. The summed E-state index contributed by atoms with van der Waals surface area (Å²) in [5.41, 5.74) is 2.53. The first-order valence-electron chi connectivity index (χ1n) is 8.67. The van der Waals surface area contributed by atoms with Crippen molar-refractivity contribution in [1.29, 1.82) is 0 Å². The van der Waals surface area contributed by atoms with Gasteiger partial charge < -0.3 is 0 Å². The van der Waals surface area contributed by atoms with E-state index in [1.54, 1.807) is 0 Å². The Balaban J connectivity index is 2.12. The molecule has 0 fully saturated rings. The van der Waals surface area contributed by atoms with Gasteiger partial charge in [-0.25, -0.2) is 13.4 Å². The smallest absolute Gasteiger partial charge is 0.251 e. The van der Waals surface area contributed by atoms with Gasteiger partial charge in [0.15, 0.2) is 15.0 Å². The zero-order valence-electron chi connectivity index (χ0n) is 15.7. The Hall–Kier alpha value is -2.25. The predicted octanol–water partition coefficient (Wildman–Crippen LogP) is 4.52. The molecular weight excluding hydrogens is 380 g/mol. The van der Waals surface area contributed by atoms with Crippen LogP contribution in [0.4, 0.5) is 10.8 Å². The van der Waals surface area contributed by atoms with Crippen LogP contribution < -0.4 is 4.90 Å². The summed E-state index contributed by atoms with van der Waals surface area (Å²) in [7, 11) is -3.53. The van der Waals surface area contributed by atoms with Crippen molar-refractivity contribution in [2.24, 2.45) is 0 Å². The Bertz CT molecular complexity index is 1040. The average Bonchev–Trinajstić information content (AvgIpc) is 3.04. The van der Waals surface area contributed by atoms with Crippen LogP contribution in [0, 0.1) is 0 Å². The van der Waals surface area contributed by atoms with E-state index in [0.29, 0.717) is 16.7 Å². The van der Waals surface area contributed by atoms with Crippen molar-refractivity contribution in [3.8, 4) is 0 Å². The van der Waals surface area contributed by atoms with Crippen LogP contribution in [0.1, 0.15) is 32.3 Å². The fraction of sp³-hybridized carbons (Fsp3) is 0.300. The zero-order valence-corrected chi connectivity index (χ0v) is 17.3. The number of hydrogen-bond donors (Lipinski definition) is 0. The molecule has 1 atom stereocenters. The second kappa shape index (κ2) is 7.40. The molecule has 0 spiro atoms. The molecule has 0 aliphatic rings. The van der Waals surface area contributed by atoms with Crippen molar-refractivity contribution in [3.05, 3.63) is 54.1 Å². The maximum atomic E-state index is 13.1. The van der Waals surface area contributed by atoms with Gasteiger partial charge in [-0.3, -0.25) is 9.69 Å². The molecule has 0 N–H and O–H groups in total. The van der Waals surface area contributed by atoms with Crippen LogP contribution in [-0.2, 0) is 14.6 Å². The van der Waals surface area contributed by atoms with E-state index in [1.165, 1.54) is 23.2 Å². The number of hydrogen-bond acceptors (Lipinski definition) is 5. The van der Waals surface area contributed by atoms with Gasteiger partial charge in [-0.1, -0.05) is 49.4 Å². The number of amides is 1. The van der Waals surface area contributed by atoms with Gasteiger partial charge in [-0.05, 0) is 42.7 Å². The Morgan fingerprint density at radius 3 is 2.22 bits per heavy atom. The minimum atomic E-state index is -3.53. The predicted molar refractivity (Wildman–Crippen MR) is 112 cm³/mol. The highest BCUT2D eigenvalue weighted by atomic mass is 32.2. The number of fused-ring (bicyclic) bond motifs is 1. The Morgan fingerprint density at radius 1 is 1.04 bits per heavy atom. The quantitative estimate of drug-likeness (QED) is 0.629. The van der Waals surface area contributed by atoms with Crippen LogP contribution >= 0.6 is 11.3 Å². The second-order valence-electron chi connectivity index (χ2n) is 6.86. The molecule has 0 radical (unpaired) electrons. The third kappa shape index (κ3) is 4.04. The van der Waals surface area contributed by atoms with Gasteiger partial charge in [0.25, 0.3) is 5.91 Å². The number of carbonyl (C=O) groups excluding carboxylic acids is 1. The van der Waals surface area contributed by atoms with E-state index in [1.807, 2.05) is 48.5 Å². The molecule has 0 saturated heterocycles. The van der Waals surface area contributed by atoms with Gasteiger partial charge in [0.05, 0.1) is 15.9 Å². The fourth-order valence-corrected chi connectivity index (χ4v) is 4.12. The van der Waals surface area contributed by atoms with Crippen LogP contribution in [0.5, 0.6) is 0 Å². The zero-order chi connectivity index (χ0) is 19.8. The third-order valence-electron chi connectivity index (χ3n) is 4.50. The number of benzene rings is 2. The first-order valence-corrected chi connectivity index (χ1v) is 11.4. The molecule has 0 bridgehead atoms. The molecular formula is C20H22N2O3S2. The van der Waals surface area contributed by atoms with E-state index in [4.69, 9.17) is 0 Å². The van der Waals surface area contributed by atoms with Gasteiger partial charge >= 0.3 is 0 Å². The maximum absolute atomic E-state index is 13.1. The normalized spacial score (nSPS) is 13.1. The van der Waals surface area contributed by atoms with Gasteiger partial charge in [-0.15, -0.1) is 0 Å².